The van der Waals surface area contributed by atoms with E-state index in [1.165, 1.54) is 12.1 Å². The Balaban J connectivity index is 1.40. The van der Waals surface area contributed by atoms with Gasteiger partial charge in [0, 0.05) is 17.4 Å². The molecular weight excluding hydrogens is 466 g/mol. The smallest absolute Gasteiger partial charge is 0.328 e. The standard InChI is InChI=1S/C25H23N5O4S/c26-22(24(31)34-20-4-2-1-3-5-20)16-17-6-8-18(9-7-17)23-14-15-28-25(30-23)29-19-10-12-21(13-11-19)35(27,32)33/h1-15,22H,16,26H2,(H2,27,32,33)(H,28,29,30)/t22-/m1/s1. The molecule has 0 saturated heterocycles. The van der Waals surface area contributed by atoms with E-state index < -0.39 is 22.0 Å². The average molecular weight is 490 g/mol. The lowest BCUT2D eigenvalue weighted by molar-refractivity contribution is -0.135. The van der Waals surface area contributed by atoms with Crippen molar-refractivity contribution in [2.75, 3.05) is 5.32 Å². The monoisotopic (exact) mass is 489 g/mol. The van der Waals surface area contributed by atoms with Gasteiger partial charge < -0.3 is 15.8 Å². The number of aromatic nitrogens is 2. The summed E-state index contributed by atoms with van der Waals surface area (Å²) in [5, 5.41) is 8.16. The highest BCUT2D eigenvalue weighted by Crippen LogP contribution is 2.21. The second-order valence-electron chi connectivity index (χ2n) is 7.70. The van der Waals surface area contributed by atoms with E-state index >= 15 is 0 Å². The Morgan fingerprint density at radius 2 is 1.63 bits per heavy atom. The van der Waals surface area contributed by atoms with Gasteiger partial charge in [0.1, 0.15) is 11.8 Å². The van der Waals surface area contributed by atoms with Crippen LogP contribution in [-0.4, -0.2) is 30.4 Å². The van der Waals surface area contributed by atoms with Crippen LogP contribution in [0.1, 0.15) is 5.56 Å². The van der Waals surface area contributed by atoms with Crippen molar-refractivity contribution < 1.29 is 17.9 Å². The molecule has 4 rings (SSSR count). The van der Waals surface area contributed by atoms with Crippen LogP contribution < -0.4 is 20.9 Å². The highest BCUT2D eigenvalue weighted by atomic mass is 32.2. The van der Waals surface area contributed by atoms with Crippen LogP contribution in [0.3, 0.4) is 0 Å². The summed E-state index contributed by atoms with van der Waals surface area (Å²) in [6.45, 7) is 0. The second kappa shape index (κ2) is 10.4. The van der Waals surface area contributed by atoms with Crippen LogP contribution in [0, 0.1) is 0 Å². The van der Waals surface area contributed by atoms with Gasteiger partial charge in [0.05, 0.1) is 10.6 Å². The Hall–Kier alpha value is -4.12. The van der Waals surface area contributed by atoms with Crippen molar-refractivity contribution in [3.05, 3.63) is 96.7 Å². The Morgan fingerprint density at radius 1 is 0.943 bits per heavy atom. The van der Waals surface area contributed by atoms with E-state index in [9.17, 15) is 13.2 Å². The maximum absolute atomic E-state index is 12.3. The first-order valence-electron chi connectivity index (χ1n) is 10.6. The minimum Gasteiger partial charge on any atom is -0.425 e. The lowest BCUT2D eigenvalue weighted by Gasteiger charge is -2.12. The molecule has 0 saturated carbocycles. The van der Waals surface area contributed by atoms with Gasteiger partial charge >= 0.3 is 5.97 Å². The third-order valence-corrected chi connectivity index (χ3v) is 5.99. The molecule has 1 atom stereocenters. The van der Waals surface area contributed by atoms with Crippen molar-refractivity contribution in [3.63, 3.8) is 0 Å². The number of para-hydroxylation sites is 1. The number of hydrogen-bond donors (Lipinski definition) is 3. The van der Waals surface area contributed by atoms with Crippen LogP contribution in [0.25, 0.3) is 11.3 Å². The number of benzene rings is 3. The minimum atomic E-state index is -3.76. The number of nitrogens with one attached hydrogen (secondary N) is 1. The third kappa shape index (κ3) is 6.48. The number of ether oxygens (including phenoxy) is 1. The number of carbonyl (C=O) groups excluding carboxylic acids is 1. The van der Waals surface area contributed by atoms with Gasteiger partial charge in [-0.3, -0.25) is 0 Å². The zero-order valence-electron chi connectivity index (χ0n) is 18.5. The van der Waals surface area contributed by atoms with Crippen molar-refractivity contribution in [1.29, 1.82) is 0 Å². The van der Waals surface area contributed by atoms with Crippen molar-refractivity contribution >= 4 is 27.6 Å². The molecular formula is C25H23N5O4S. The molecule has 0 aliphatic rings. The second-order valence-corrected chi connectivity index (χ2v) is 9.26. The molecule has 0 unspecified atom stereocenters. The molecule has 0 radical (unpaired) electrons. The van der Waals surface area contributed by atoms with Gasteiger partial charge in [-0.2, -0.15) is 0 Å². The van der Waals surface area contributed by atoms with Crippen LogP contribution in [0.4, 0.5) is 11.6 Å². The number of rotatable bonds is 8. The molecule has 10 heteroatoms. The van der Waals surface area contributed by atoms with Crippen LogP contribution >= 0.6 is 0 Å². The van der Waals surface area contributed by atoms with E-state index in [2.05, 4.69) is 15.3 Å². The van der Waals surface area contributed by atoms with Gasteiger partial charge in [-0.15, -0.1) is 0 Å². The summed E-state index contributed by atoms with van der Waals surface area (Å²) < 4.78 is 28.1. The van der Waals surface area contributed by atoms with E-state index in [-0.39, 0.29) is 4.90 Å². The quantitative estimate of drug-likeness (QED) is 0.252. The summed E-state index contributed by atoms with van der Waals surface area (Å²) in [5.74, 6) is 0.307. The van der Waals surface area contributed by atoms with Gasteiger partial charge in [0.2, 0.25) is 16.0 Å². The fourth-order valence-electron chi connectivity index (χ4n) is 3.27. The Morgan fingerprint density at radius 3 is 2.29 bits per heavy atom. The summed E-state index contributed by atoms with van der Waals surface area (Å²) in [6, 6.07) is 23.3. The lowest BCUT2D eigenvalue weighted by Crippen LogP contribution is -2.36. The first kappa shape index (κ1) is 24.0. The highest BCUT2D eigenvalue weighted by molar-refractivity contribution is 7.89. The van der Waals surface area contributed by atoms with E-state index in [0.717, 1.165) is 11.1 Å². The molecule has 0 aliphatic heterocycles. The summed E-state index contributed by atoms with van der Waals surface area (Å²) in [5.41, 5.74) is 9.06. The first-order chi connectivity index (χ1) is 16.8. The summed E-state index contributed by atoms with van der Waals surface area (Å²) >= 11 is 0. The number of nitrogens with zero attached hydrogens (tertiary/aromatic N) is 2. The van der Waals surface area contributed by atoms with Gasteiger partial charge in [-0.25, -0.2) is 28.3 Å². The maximum Gasteiger partial charge on any atom is 0.328 e. The number of anilines is 2. The zero-order valence-corrected chi connectivity index (χ0v) is 19.4. The molecule has 0 aliphatic carbocycles. The third-order valence-electron chi connectivity index (χ3n) is 5.06. The lowest BCUT2D eigenvalue weighted by atomic mass is 10.0. The Kier molecular flexibility index (Phi) is 7.16. The topological polar surface area (TPSA) is 150 Å². The molecule has 35 heavy (non-hydrogen) atoms. The molecule has 0 spiro atoms. The van der Waals surface area contributed by atoms with Crippen LogP contribution in [0.5, 0.6) is 5.75 Å². The molecule has 3 aromatic carbocycles. The van der Waals surface area contributed by atoms with Crippen molar-refractivity contribution in [2.24, 2.45) is 10.9 Å². The number of sulfonamides is 1. The van der Waals surface area contributed by atoms with Gasteiger partial charge in [0.25, 0.3) is 0 Å². The van der Waals surface area contributed by atoms with Crippen molar-refractivity contribution in [1.82, 2.24) is 9.97 Å². The molecule has 1 heterocycles. The number of nitrogens with two attached hydrogens (primary N) is 2. The predicted octanol–water partition coefficient (Wildman–Crippen LogP) is 3.01. The SMILES string of the molecule is N[C@H](Cc1ccc(-c2ccnc(Nc3ccc(S(N)(=O)=O)cc3)n2)cc1)C(=O)Oc1ccccc1. The molecule has 1 aromatic heterocycles. The molecule has 9 nitrogen and oxygen atoms in total. The van der Waals surface area contributed by atoms with Crippen LogP contribution in [0.15, 0.2) is 96.0 Å². The molecule has 0 amide bonds. The highest BCUT2D eigenvalue weighted by Gasteiger charge is 2.17. The fraction of sp³-hybridized carbons (Fsp3) is 0.0800. The largest absolute Gasteiger partial charge is 0.425 e. The molecule has 5 N–H and O–H groups in total. The summed E-state index contributed by atoms with van der Waals surface area (Å²) in [6.07, 6.45) is 1.95. The van der Waals surface area contributed by atoms with Crippen molar-refractivity contribution in [3.8, 4) is 17.0 Å². The number of carbonyl (C=O) groups is 1. The van der Waals surface area contributed by atoms with E-state index in [0.29, 0.717) is 29.5 Å². The summed E-state index contributed by atoms with van der Waals surface area (Å²) in [4.78, 5) is 21.0. The van der Waals surface area contributed by atoms with E-state index in [1.54, 1.807) is 48.7 Å². The van der Waals surface area contributed by atoms with E-state index in [1.807, 2.05) is 30.3 Å². The predicted molar refractivity (Wildman–Crippen MR) is 132 cm³/mol. The summed E-state index contributed by atoms with van der Waals surface area (Å²) in [7, 11) is -3.76. The number of esters is 1. The molecule has 0 fully saturated rings. The van der Waals surface area contributed by atoms with Crippen LogP contribution in [-0.2, 0) is 21.2 Å². The van der Waals surface area contributed by atoms with Gasteiger partial charge in [-0.1, -0.05) is 42.5 Å². The van der Waals surface area contributed by atoms with Gasteiger partial charge in [0.15, 0.2) is 0 Å². The normalized spacial score (nSPS) is 12.1. The number of hydrogen-bond acceptors (Lipinski definition) is 8. The fourth-order valence-corrected chi connectivity index (χ4v) is 3.78. The molecule has 178 valence electrons. The van der Waals surface area contributed by atoms with Gasteiger partial charge in [-0.05, 0) is 54.4 Å². The van der Waals surface area contributed by atoms with E-state index in [4.69, 9.17) is 15.6 Å². The maximum atomic E-state index is 12.3. The van der Waals surface area contributed by atoms with Crippen LogP contribution in [0.2, 0.25) is 0 Å². The zero-order chi connectivity index (χ0) is 24.8. The Bertz CT molecular complexity index is 1410. The minimum absolute atomic E-state index is 0.0193. The van der Waals surface area contributed by atoms with Crippen molar-refractivity contribution in [2.45, 2.75) is 17.4 Å². The first-order valence-corrected chi connectivity index (χ1v) is 12.2. The average Bonchev–Trinajstić information content (AvgIpc) is 2.85. The molecule has 0 bridgehead atoms. The number of primary sulfonamides is 1. The Labute approximate surface area is 202 Å². The molecule has 4 aromatic rings.